The molecule has 2 aromatic carbocycles. The average molecular weight is 377 g/mol. The first-order valence-electron chi connectivity index (χ1n) is 6.89. The molecule has 0 spiro atoms. The Morgan fingerprint density at radius 2 is 2.00 bits per heavy atom. The molecule has 0 unspecified atom stereocenters. The summed E-state index contributed by atoms with van der Waals surface area (Å²) < 4.78 is 5.54. The maximum Gasteiger partial charge on any atom is 0.271 e. The van der Waals surface area contributed by atoms with Crippen LogP contribution in [0.3, 0.4) is 0 Å². The van der Waals surface area contributed by atoms with Crippen LogP contribution in [0.4, 0.5) is 0 Å². The Hall–Kier alpha value is -2.34. The monoisotopic (exact) mass is 376 g/mol. The van der Waals surface area contributed by atoms with E-state index >= 15 is 0 Å². The van der Waals surface area contributed by atoms with E-state index in [1.165, 1.54) is 13.3 Å². The van der Waals surface area contributed by atoms with Gasteiger partial charge in [-0.3, -0.25) is 4.79 Å². The SMILES string of the molecule is COc1cc(C=NNC(=O)c2ccc(C)c(C)c2)cc(Br)c1O. The van der Waals surface area contributed by atoms with Crippen molar-refractivity contribution in [1.29, 1.82) is 0 Å². The molecule has 120 valence electrons. The highest BCUT2D eigenvalue weighted by Gasteiger charge is 2.08. The zero-order chi connectivity index (χ0) is 17.0. The fourth-order valence-electron chi connectivity index (χ4n) is 1.94. The Balaban J connectivity index is 2.10. The second-order valence-electron chi connectivity index (χ2n) is 5.05. The van der Waals surface area contributed by atoms with Crippen LogP contribution < -0.4 is 10.2 Å². The van der Waals surface area contributed by atoms with E-state index < -0.39 is 0 Å². The normalized spacial score (nSPS) is 10.8. The Kier molecular flexibility index (Phi) is 5.39. The smallest absolute Gasteiger partial charge is 0.271 e. The maximum absolute atomic E-state index is 12.0. The summed E-state index contributed by atoms with van der Waals surface area (Å²) in [6.45, 7) is 3.95. The first-order chi connectivity index (χ1) is 10.9. The van der Waals surface area contributed by atoms with Gasteiger partial charge in [0.25, 0.3) is 5.91 Å². The summed E-state index contributed by atoms with van der Waals surface area (Å²) in [5.74, 6) is 0.0549. The van der Waals surface area contributed by atoms with Gasteiger partial charge in [-0.2, -0.15) is 5.10 Å². The van der Waals surface area contributed by atoms with Crippen LogP contribution in [0, 0.1) is 13.8 Å². The molecule has 1 amide bonds. The molecular formula is C17H17BrN2O3. The quantitative estimate of drug-likeness (QED) is 0.633. The molecule has 0 aliphatic carbocycles. The minimum absolute atomic E-state index is 0.0174. The fourth-order valence-corrected chi connectivity index (χ4v) is 2.40. The molecule has 23 heavy (non-hydrogen) atoms. The first-order valence-corrected chi connectivity index (χ1v) is 7.69. The summed E-state index contributed by atoms with van der Waals surface area (Å²) >= 11 is 3.23. The minimum atomic E-state index is -0.283. The van der Waals surface area contributed by atoms with Crippen molar-refractivity contribution in [2.75, 3.05) is 7.11 Å². The molecule has 0 aromatic heterocycles. The molecule has 0 fully saturated rings. The number of nitrogens with zero attached hydrogens (tertiary/aromatic N) is 1. The summed E-state index contributed by atoms with van der Waals surface area (Å²) in [4.78, 5) is 12.0. The largest absolute Gasteiger partial charge is 0.503 e. The number of phenols is 1. The number of rotatable bonds is 4. The number of methoxy groups -OCH3 is 1. The van der Waals surface area contributed by atoms with Gasteiger partial charge in [0.05, 0.1) is 17.8 Å². The fraction of sp³-hybridized carbons (Fsp3) is 0.176. The summed E-state index contributed by atoms with van der Waals surface area (Å²) in [5, 5.41) is 13.7. The zero-order valence-electron chi connectivity index (χ0n) is 13.1. The molecule has 2 N–H and O–H groups in total. The van der Waals surface area contributed by atoms with Crippen LogP contribution in [0.5, 0.6) is 11.5 Å². The lowest BCUT2D eigenvalue weighted by Crippen LogP contribution is -2.17. The molecule has 0 radical (unpaired) electrons. The number of carbonyl (C=O) groups excluding carboxylic acids is 1. The van der Waals surface area contributed by atoms with Crippen molar-refractivity contribution in [3.05, 3.63) is 57.1 Å². The predicted molar refractivity (Wildman–Crippen MR) is 93.3 cm³/mol. The van der Waals surface area contributed by atoms with Gasteiger partial charge in [0, 0.05) is 5.56 Å². The van der Waals surface area contributed by atoms with Crippen LogP contribution in [-0.2, 0) is 0 Å². The number of hydrazone groups is 1. The molecule has 0 saturated heterocycles. The number of halogens is 1. The Labute approximate surface area is 143 Å². The van der Waals surface area contributed by atoms with Gasteiger partial charge < -0.3 is 9.84 Å². The highest BCUT2D eigenvalue weighted by atomic mass is 79.9. The highest BCUT2D eigenvalue weighted by Crippen LogP contribution is 2.34. The Bertz CT molecular complexity index is 773. The minimum Gasteiger partial charge on any atom is -0.503 e. The molecular weight excluding hydrogens is 360 g/mol. The van der Waals surface area contributed by atoms with Gasteiger partial charge >= 0.3 is 0 Å². The molecule has 0 saturated carbocycles. The first kappa shape index (κ1) is 17.0. The molecule has 2 rings (SSSR count). The lowest BCUT2D eigenvalue weighted by atomic mass is 10.1. The van der Waals surface area contributed by atoms with E-state index in [1.807, 2.05) is 26.0 Å². The van der Waals surface area contributed by atoms with E-state index in [-0.39, 0.29) is 11.7 Å². The summed E-state index contributed by atoms with van der Waals surface area (Å²) in [6.07, 6.45) is 1.48. The number of hydrogen-bond acceptors (Lipinski definition) is 4. The van der Waals surface area contributed by atoms with E-state index in [2.05, 4.69) is 26.5 Å². The number of nitrogens with one attached hydrogen (secondary N) is 1. The Morgan fingerprint density at radius 1 is 1.26 bits per heavy atom. The van der Waals surface area contributed by atoms with Crippen molar-refractivity contribution in [2.45, 2.75) is 13.8 Å². The van der Waals surface area contributed by atoms with Gasteiger partial charge in [-0.25, -0.2) is 5.43 Å². The molecule has 2 aromatic rings. The molecule has 0 aliphatic rings. The number of carbonyl (C=O) groups is 1. The molecule has 0 aliphatic heterocycles. The van der Waals surface area contributed by atoms with Crippen LogP contribution in [0.2, 0.25) is 0 Å². The van der Waals surface area contributed by atoms with Gasteiger partial charge in [-0.15, -0.1) is 0 Å². The third kappa shape index (κ3) is 4.10. The predicted octanol–water partition coefficient (Wildman–Crippen LogP) is 3.54. The topological polar surface area (TPSA) is 70.9 Å². The number of aromatic hydroxyl groups is 1. The third-order valence-electron chi connectivity index (χ3n) is 3.42. The molecule has 0 bridgehead atoms. The number of amides is 1. The van der Waals surface area contributed by atoms with Crippen LogP contribution in [0.25, 0.3) is 0 Å². The van der Waals surface area contributed by atoms with E-state index in [9.17, 15) is 9.90 Å². The molecule has 0 atom stereocenters. The maximum atomic E-state index is 12.0. The van der Waals surface area contributed by atoms with Crippen molar-refractivity contribution in [3.63, 3.8) is 0 Å². The number of benzene rings is 2. The third-order valence-corrected chi connectivity index (χ3v) is 4.02. The molecule has 6 heteroatoms. The van der Waals surface area contributed by atoms with Crippen LogP contribution in [-0.4, -0.2) is 24.3 Å². The summed E-state index contributed by atoms with van der Waals surface area (Å²) in [7, 11) is 1.46. The van der Waals surface area contributed by atoms with Crippen molar-refractivity contribution in [2.24, 2.45) is 5.10 Å². The second-order valence-corrected chi connectivity index (χ2v) is 5.91. The van der Waals surface area contributed by atoms with Crippen LogP contribution in [0.1, 0.15) is 27.0 Å². The second kappa shape index (κ2) is 7.28. The van der Waals surface area contributed by atoms with Crippen LogP contribution in [0.15, 0.2) is 39.9 Å². The average Bonchev–Trinajstić information content (AvgIpc) is 2.53. The van der Waals surface area contributed by atoms with Gasteiger partial charge in [0.1, 0.15) is 0 Å². The number of phenolic OH excluding ortho intramolecular Hbond substituents is 1. The summed E-state index contributed by atoms with van der Waals surface area (Å²) in [6, 6.07) is 8.76. The number of ether oxygens (including phenoxy) is 1. The van der Waals surface area contributed by atoms with E-state index in [1.54, 1.807) is 18.2 Å². The van der Waals surface area contributed by atoms with Gasteiger partial charge in [0.2, 0.25) is 0 Å². The highest BCUT2D eigenvalue weighted by molar-refractivity contribution is 9.10. The lowest BCUT2D eigenvalue weighted by Gasteiger charge is -2.06. The van der Waals surface area contributed by atoms with E-state index in [0.29, 0.717) is 21.3 Å². The van der Waals surface area contributed by atoms with Crippen molar-refractivity contribution < 1.29 is 14.6 Å². The van der Waals surface area contributed by atoms with Crippen LogP contribution >= 0.6 is 15.9 Å². The van der Waals surface area contributed by atoms with Gasteiger partial charge in [0.15, 0.2) is 11.5 Å². The number of hydrogen-bond donors (Lipinski definition) is 2. The van der Waals surface area contributed by atoms with Gasteiger partial charge in [-0.1, -0.05) is 6.07 Å². The Morgan fingerprint density at radius 3 is 2.65 bits per heavy atom. The standard InChI is InChI=1S/C17H17BrN2O3/c1-10-4-5-13(6-11(10)2)17(22)20-19-9-12-7-14(18)16(21)15(8-12)23-3/h4-9,21H,1-3H3,(H,20,22). The molecule has 5 nitrogen and oxygen atoms in total. The number of aryl methyl sites for hydroxylation is 2. The van der Waals surface area contributed by atoms with Gasteiger partial charge in [-0.05, 0) is 70.7 Å². The van der Waals surface area contributed by atoms with E-state index in [4.69, 9.17) is 4.74 Å². The lowest BCUT2D eigenvalue weighted by molar-refractivity contribution is 0.0955. The summed E-state index contributed by atoms with van der Waals surface area (Å²) in [5.41, 5.74) is 5.88. The van der Waals surface area contributed by atoms with Crippen molar-refractivity contribution in [3.8, 4) is 11.5 Å². The van der Waals surface area contributed by atoms with Crippen molar-refractivity contribution >= 4 is 28.1 Å². The van der Waals surface area contributed by atoms with E-state index in [0.717, 1.165) is 11.1 Å². The molecule has 0 heterocycles. The van der Waals surface area contributed by atoms with Crippen molar-refractivity contribution in [1.82, 2.24) is 5.43 Å². The zero-order valence-corrected chi connectivity index (χ0v) is 14.6.